The molecule has 0 amide bonds. The van der Waals surface area contributed by atoms with Crippen molar-refractivity contribution >= 4 is 0 Å². The van der Waals surface area contributed by atoms with Crippen LogP contribution in [-0.2, 0) is 0 Å². The van der Waals surface area contributed by atoms with Gasteiger partial charge in [-0.2, -0.15) is 0 Å². The molecule has 2 fully saturated rings. The molecule has 0 spiro atoms. The van der Waals surface area contributed by atoms with Crippen LogP contribution in [0, 0.1) is 35.5 Å². The van der Waals surface area contributed by atoms with Crippen LogP contribution in [0.4, 0.5) is 0 Å². The Kier molecular flexibility index (Phi) is 6.43. The minimum Gasteiger partial charge on any atom is -0.0654 e. The molecule has 2 rings (SSSR count). The highest BCUT2D eigenvalue weighted by Gasteiger charge is 2.46. The van der Waals surface area contributed by atoms with E-state index in [-0.39, 0.29) is 0 Å². The van der Waals surface area contributed by atoms with Gasteiger partial charge < -0.3 is 0 Å². The third-order valence-electron chi connectivity index (χ3n) is 6.81. The molecule has 2 aliphatic carbocycles. The largest absolute Gasteiger partial charge is 0.0654 e. The summed E-state index contributed by atoms with van der Waals surface area (Å²) in [5, 5.41) is 0. The summed E-state index contributed by atoms with van der Waals surface area (Å²) < 4.78 is 0. The smallest absolute Gasteiger partial charge is 0.0350 e. The molecule has 0 heteroatoms. The molecular formula is C20H38. The Morgan fingerprint density at radius 3 is 2.50 bits per heavy atom. The SMILES string of the molecule is CCCCC1CCCC2CC1C(CC(C)CC)C2CC. The molecule has 0 heterocycles. The molecule has 0 N–H and O–H groups in total. The van der Waals surface area contributed by atoms with Gasteiger partial charge in [0.15, 0.2) is 0 Å². The van der Waals surface area contributed by atoms with Gasteiger partial charge in [0.1, 0.15) is 0 Å². The molecule has 0 aromatic rings. The van der Waals surface area contributed by atoms with Crippen molar-refractivity contribution in [3.05, 3.63) is 0 Å². The fourth-order valence-corrected chi connectivity index (χ4v) is 5.54. The van der Waals surface area contributed by atoms with E-state index in [1.165, 1.54) is 44.9 Å². The lowest BCUT2D eigenvalue weighted by molar-refractivity contribution is 0.153. The van der Waals surface area contributed by atoms with Crippen molar-refractivity contribution in [3.63, 3.8) is 0 Å². The summed E-state index contributed by atoms with van der Waals surface area (Å²) in [7, 11) is 0. The molecule has 0 aromatic carbocycles. The number of hydrogen-bond acceptors (Lipinski definition) is 0. The molecule has 0 aromatic heterocycles. The lowest BCUT2D eigenvalue weighted by Gasteiger charge is -2.34. The van der Waals surface area contributed by atoms with Gasteiger partial charge in [0.05, 0.1) is 0 Å². The molecule has 2 aliphatic rings. The molecule has 0 nitrogen and oxygen atoms in total. The maximum absolute atomic E-state index is 2.49. The first-order valence-electron chi connectivity index (χ1n) is 9.71. The Morgan fingerprint density at radius 1 is 1.05 bits per heavy atom. The van der Waals surface area contributed by atoms with Crippen LogP contribution < -0.4 is 0 Å². The van der Waals surface area contributed by atoms with E-state index in [0.717, 1.165) is 35.5 Å². The van der Waals surface area contributed by atoms with Gasteiger partial charge in [-0.15, -0.1) is 0 Å². The van der Waals surface area contributed by atoms with E-state index in [2.05, 4.69) is 27.7 Å². The van der Waals surface area contributed by atoms with E-state index in [9.17, 15) is 0 Å². The molecule has 0 radical (unpaired) electrons. The summed E-state index contributed by atoms with van der Waals surface area (Å²) in [5.41, 5.74) is 0. The van der Waals surface area contributed by atoms with Crippen LogP contribution >= 0.6 is 0 Å². The van der Waals surface area contributed by atoms with Crippen LogP contribution in [0.5, 0.6) is 0 Å². The molecule has 6 atom stereocenters. The normalized spacial score (nSPS) is 38.7. The molecule has 2 bridgehead atoms. The standard InChI is InChI=1S/C20H38/c1-5-8-10-16-11-9-12-17-14-19(16)20(18(17)7-3)13-15(4)6-2/h15-20H,5-14H2,1-4H3. The monoisotopic (exact) mass is 278 g/mol. The minimum absolute atomic E-state index is 0.946. The molecular weight excluding hydrogens is 240 g/mol. The highest BCUT2D eigenvalue weighted by Crippen LogP contribution is 2.54. The zero-order valence-corrected chi connectivity index (χ0v) is 14.5. The third-order valence-corrected chi connectivity index (χ3v) is 6.81. The van der Waals surface area contributed by atoms with Gasteiger partial charge in [0.25, 0.3) is 0 Å². The van der Waals surface area contributed by atoms with Crippen molar-refractivity contribution in [1.29, 1.82) is 0 Å². The van der Waals surface area contributed by atoms with Crippen LogP contribution in [0.1, 0.15) is 91.9 Å². The van der Waals surface area contributed by atoms with E-state index >= 15 is 0 Å². The second kappa shape index (κ2) is 7.85. The second-order valence-corrected chi connectivity index (χ2v) is 7.98. The van der Waals surface area contributed by atoms with Crippen LogP contribution in [0.25, 0.3) is 0 Å². The van der Waals surface area contributed by atoms with Crippen molar-refractivity contribution in [2.75, 3.05) is 0 Å². The average Bonchev–Trinajstić information content (AvgIpc) is 2.65. The first kappa shape index (κ1) is 16.4. The number of hydrogen-bond donors (Lipinski definition) is 0. The van der Waals surface area contributed by atoms with Gasteiger partial charge in [-0.1, -0.05) is 79.1 Å². The Balaban J connectivity index is 2.08. The predicted octanol–water partition coefficient (Wildman–Crippen LogP) is 6.69. The minimum atomic E-state index is 0.946. The van der Waals surface area contributed by atoms with Crippen molar-refractivity contribution in [2.24, 2.45) is 35.5 Å². The van der Waals surface area contributed by atoms with Gasteiger partial charge in [-0.25, -0.2) is 0 Å². The van der Waals surface area contributed by atoms with Gasteiger partial charge in [0, 0.05) is 0 Å². The first-order valence-corrected chi connectivity index (χ1v) is 9.71. The summed E-state index contributed by atoms with van der Waals surface area (Å²) in [6.07, 6.45) is 15.0. The van der Waals surface area contributed by atoms with Crippen molar-refractivity contribution in [1.82, 2.24) is 0 Å². The summed E-state index contributed by atoms with van der Waals surface area (Å²) in [6.45, 7) is 9.70. The highest BCUT2D eigenvalue weighted by molar-refractivity contribution is 4.95. The highest BCUT2D eigenvalue weighted by atomic mass is 14.5. The Bertz CT molecular complexity index is 269. The van der Waals surface area contributed by atoms with Gasteiger partial charge in [-0.05, 0) is 48.3 Å². The van der Waals surface area contributed by atoms with E-state index < -0.39 is 0 Å². The lowest BCUT2D eigenvalue weighted by Crippen LogP contribution is -2.26. The molecule has 6 unspecified atom stereocenters. The Morgan fingerprint density at radius 2 is 1.85 bits per heavy atom. The van der Waals surface area contributed by atoms with Crippen LogP contribution in [0.3, 0.4) is 0 Å². The summed E-state index contributed by atoms with van der Waals surface area (Å²) in [4.78, 5) is 0. The number of unbranched alkanes of at least 4 members (excludes halogenated alkanes) is 1. The van der Waals surface area contributed by atoms with Gasteiger partial charge in [-0.3, -0.25) is 0 Å². The topological polar surface area (TPSA) is 0 Å². The van der Waals surface area contributed by atoms with E-state index in [1.54, 1.807) is 19.3 Å². The predicted molar refractivity (Wildman–Crippen MR) is 89.8 cm³/mol. The fraction of sp³-hybridized carbons (Fsp3) is 1.00. The number of fused-ring (bicyclic) bond motifs is 2. The fourth-order valence-electron chi connectivity index (χ4n) is 5.54. The van der Waals surface area contributed by atoms with Gasteiger partial charge >= 0.3 is 0 Å². The molecule has 118 valence electrons. The van der Waals surface area contributed by atoms with E-state index in [1.807, 2.05) is 0 Å². The Hall–Kier alpha value is 0. The van der Waals surface area contributed by atoms with Gasteiger partial charge in [0.2, 0.25) is 0 Å². The van der Waals surface area contributed by atoms with E-state index in [0.29, 0.717) is 0 Å². The zero-order valence-electron chi connectivity index (χ0n) is 14.5. The van der Waals surface area contributed by atoms with Crippen LogP contribution in [0.2, 0.25) is 0 Å². The lowest BCUT2D eigenvalue weighted by atomic mass is 9.71. The van der Waals surface area contributed by atoms with Crippen molar-refractivity contribution in [3.8, 4) is 0 Å². The van der Waals surface area contributed by atoms with E-state index in [4.69, 9.17) is 0 Å². The molecule has 0 aliphatic heterocycles. The quantitative estimate of drug-likeness (QED) is 0.486. The Labute approximate surface area is 128 Å². The molecule has 20 heavy (non-hydrogen) atoms. The molecule has 0 saturated heterocycles. The third kappa shape index (κ3) is 3.60. The first-order chi connectivity index (χ1) is 9.71. The summed E-state index contributed by atoms with van der Waals surface area (Å²) in [5.74, 6) is 6.34. The van der Waals surface area contributed by atoms with Crippen LogP contribution in [0.15, 0.2) is 0 Å². The summed E-state index contributed by atoms with van der Waals surface area (Å²) >= 11 is 0. The average molecular weight is 279 g/mol. The number of rotatable bonds is 7. The van der Waals surface area contributed by atoms with Crippen LogP contribution in [-0.4, -0.2) is 0 Å². The maximum atomic E-state index is 2.49. The zero-order chi connectivity index (χ0) is 14.5. The second-order valence-electron chi connectivity index (χ2n) is 7.98. The molecule has 2 saturated carbocycles. The summed E-state index contributed by atoms with van der Waals surface area (Å²) in [6, 6.07) is 0. The van der Waals surface area contributed by atoms with Crippen molar-refractivity contribution in [2.45, 2.75) is 91.9 Å². The maximum Gasteiger partial charge on any atom is -0.0350 e. The van der Waals surface area contributed by atoms with Crippen molar-refractivity contribution < 1.29 is 0 Å².